The second kappa shape index (κ2) is 5.94. The highest BCUT2D eigenvalue weighted by atomic mass is 16.5. The number of ether oxygens (including phenoxy) is 1. The maximum absolute atomic E-state index is 12.5. The number of hydrogen-bond donors (Lipinski definition) is 1. The largest absolute Gasteiger partial charge is 0.391 e. The summed E-state index contributed by atoms with van der Waals surface area (Å²) in [4.78, 5) is 14.4. The van der Waals surface area contributed by atoms with Crippen LogP contribution >= 0.6 is 0 Å². The van der Waals surface area contributed by atoms with E-state index in [4.69, 9.17) is 4.74 Å². The molecule has 20 heavy (non-hydrogen) atoms. The lowest BCUT2D eigenvalue weighted by Gasteiger charge is -2.28. The summed E-state index contributed by atoms with van der Waals surface area (Å²) in [5, 5.41) is 10.2. The Labute approximate surface area is 119 Å². The number of likely N-dealkylation sites (tertiary alicyclic amines) is 1. The molecule has 1 N–H and O–H groups in total. The Bertz CT molecular complexity index is 456. The Morgan fingerprint density at radius 3 is 2.80 bits per heavy atom. The molecule has 0 aliphatic carbocycles. The van der Waals surface area contributed by atoms with Gasteiger partial charge in [-0.1, -0.05) is 30.3 Å². The van der Waals surface area contributed by atoms with Gasteiger partial charge in [0.05, 0.1) is 24.7 Å². The zero-order valence-corrected chi connectivity index (χ0v) is 11.6. The van der Waals surface area contributed by atoms with Gasteiger partial charge in [0.2, 0.25) is 5.91 Å². The second-order valence-electron chi connectivity index (χ2n) is 5.71. The molecular weight excluding hydrogens is 254 g/mol. The predicted octanol–water partition coefficient (Wildman–Crippen LogP) is 1.23. The van der Waals surface area contributed by atoms with E-state index in [1.807, 2.05) is 35.2 Å². The molecule has 4 heteroatoms. The third-order valence-electron chi connectivity index (χ3n) is 4.36. The number of amides is 1. The van der Waals surface area contributed by atoms with E-state index in [1.54, 1.807) is 0 Å². The van der Waals surface area contributed by atoms with Gasteiger partial charge in [-0.3, -0.25) is 4.79 Å². The molecule has 3 atom stereocenters. The molecule has 2 aliphatic rings. The average molecular weight is 275 g/mol. The van der Waals surface area contributed by atoms with Crippen molar-refractivity contribution in [2.75, 3.05) is 19.8 Å². The maximum Gasteiger partial charge on any atom is 0.228 e. The van der Waals surface area contributed by atoms with E-state index in [2.05, 4.69) is 0 Å². The van der Waals surface area contributed by atoms with Crippen LogP contribution in [0.3, 0.4) is 0 Å². The van der Waals surface area contributed by atoms with E-state index in [0.29, 0.717) is 26.2 Å². The number of aliphatic hydroxyl groups is 1. The molecule has 2 fully saturated rings. The topological polar surface area (TPSA) is 49.8 Å². The molecule has 4 nitrogen and oxygen atoms in total. The lowest BCUT2D eigenvalue weighted by atomic mass is 10.0. The molecule has 1 aromatic rings. The predicted molar refractivity (Wildman–Crippen MR) is 75.2 cm³/mol. The molecule has 0 aromatic heterocycles. The van der Waals surface area contributed by atoms with Gasteiger partial charge in [-0.05, 0) is 24.8 Å². The first kappa shape index (κ1) is 13.6. The van der Waals surface area contributed by atoms with Crippen molar-refractivity contribution < 1.29 is 14.6 Å². The fraction of sp³-hybridized carbons (Fsp3) is 0.562. The molecule has 1 aromatic carbocycles. The summed E-state index contributed by atoms with van der Waals surface area (Å²) >= 11 is 0. The molecule has 3 rings (SSSR count). The zero-order valence-electron chi connectivity index (χ0n) is 11.6. The van der Waals surface area contributed by atoms with Gasteiger partial charge in [0.15, 0.2) is 0 Å². The number of hydrogen-bond acceptors (Lipinski definition) is 3. The van der Waals surface area contributed by atoms with Gasteiger partial charge >= 0.3 is 0 Å². The van der Waals surface area contributed by atoms with Crippen LogP contribution in [-0.2, 0) is 16.0 Å². The highest BCUT2D eigenvalue weighted by Crippen LogP contribution is 2.26. The number of rotatable bonds is 3. The fourth-order valence-corrected chi connectivity index (χ4v) is 3.18. The van der Waals surface area contributed by atoms with Crippen LogP contribution in [0.4, 0.5) is 0 Å². The third-order valence-corrected chi connectivity index (χ3v) is 4.36. The van der Waals surface area contributed by atoms with Crippen molar-refractivity contribution >= 4 is 5.91 Å². The number of benzene rings is 1. The Kier molecular flexibility index (Phi) is 4.03. The van der Waals surface area contributed by atoms with E-state index in [1.165, 1.54) is 5.56 Å². The van der Waals surface area contributed by atoms with Crippen LogP contribution in [0.15, 0.2) is 30.3 Å². The molecule has 2 saturated heterocycles. The molecule has 0 bridgehead atoms. The lowest BCUT2D eigenvalue weighted by Crippen LogP contribution is -2.44. The smallest absolute Gasteiger partial charge is 0.228 e. The van der Waals surface area contributed by atoms with Gasteiger partial charge in [-0.25, -0.2) is 0 Å². The van der Waals surface area contributed by atoms with Crippen molar-refractivity contribution in [3.63, 3.8) is 0 Å². The normalized spacial score (nSPS) is 29.9. The summed E-state index contributed by atoms with van der Waals surface area (Å²) in [5.74, 6) is 0.138. The van der Waals surface area contributed by atoms with Crippen LogP contribution in [0.2, 0.25) is 0 Å². The SMILES string of the molecule is O=C([C@@H]1CCOC1)N1CC[C@@H](O)[C@@H]1Cc1ccccc1. The number of nitrogens with zero attached hydrogens (tertiary/aromatic N) is 1. The first-order chi connectivity index (χ1) is 9.75. The zero-order chi connectivity index (χ0) is 13.9. The van der Waals surface area contributed by atoms with Crippen LogP contribution in [0.25, 0.3) is 0 Å². The van der Waals surface area contributed by atoms with Gasteiger partial charge in [0, 0.05) is 13.2 Å². The Morgan fingerprint density at radius 1 is 1.30 bits per heavy atom. The number of carbonyl (C=O) groups is 1. The molecular formula is C16H21NO3. The first-order valence-electron chi connectivity index (χ1n) is 7.36. The minimum Gasteiger partial charge on any atom is -0.391 e. The quantitative estimate of drug-likeness (QED) is 0.902. The Morgan fingerprint density at radius 2 is 2.10 bits per heavy atom. The molecule has 0 radical (unpaired) electrons. The number of carbonyl (C=O) groups excluding carboxylic acids is 1. The van der Waals surface area contributed by atoms with E-state index in [9.17, 15) is 9.90 Å². The van der Waals surface area contributed by atoms with Crippen molar-refractivity contribution in [1.82, 2.24) is 4.90 Å². The average Bonchev–Trinajstić information content (AvgIpc) is 3.11. The van der Waals surface area contributed by atoms with E-state index < -0.39 is 6.10 Å². The van der Waals surface area contributed by atoms with Gasteiger partial charge in [0.25, 0.3) is 0 Å². The summed E-state index contributed by atoms with van der Waals surface area (Å²) in [6.07, 6.45) is 1.79. The molecule has 108 valence electrons. The Balaban J connectivity index is 1.71. The van der Waals surface area contributed by atoms with Crippen molar-refractivity contribution in [2.24, 2.45) is 5.92 Å². The molecule has 2 aliphatic heterocycles. The van der Waals surface area contributed by atoms with Gasteiger partial charge in [0.1, 0.15) is 0 Å². The lowest BCUT2D eigenvalue weighted by molar-refractivity contribution is -0.137. The van der Waals surface area contributed by atoms with E-state index in [0.717, 1.165) is 12.8 Å². The van der Waals surface area contributed by atoms with Crippen LogP contribution in [0.5, 0.6) is 0 Å². The van der Waals surface area contributed by atoms with E-state index in [-0.39, 0.29) is 17.9 Å². The summed E-state index contributed by atoms with van der Waals surface area (Å²) in [6.45, 7) is 1.87. The fourth-order valence-electron chi connectivity index (χ4n) is 3.18. The highest BCUT2D eigenvalue weighted by molar-refractivity contribution is 5.80. The Hall–Kier alpha value is -1.39. The summed E-state index contributed by atoms with van der Waals surface area (Å²) < 4.78 is 5.31. The molecule has 0 unspecified atom stereocenters. The minimum absolute atomic E-state index is 0.0152. The summed E-state index contributed by atoms with van der Waals surface area (Å²) in [7, 11) is 0. The van der Waals surface area contributed by atoms with Crippen molar-refractivity contribution in [1.29, 1.82) is 0 Å². The van der Waals surface area contributed by atoms with Crippen LogP contribution < -0.4 is 0 Å². The van der Waals surface area contributed by atoms with E-state index >= 15 is 0 Å². The van der Waals surface area contributed by atoms with Gasteiger partial charge in [-0.15, -0.1) is 0 Å². The van der Waals surface area contributed by atoms with Crippen molar-refractivity contribution in [3.05, 3.63) is 35.9 Å². The monoisotopic (exact) mass is 275 g/mol. The molecule has 0 spiro atoms. The second-order valence-corrected chi connectivity index (χ2v) is 5.71. The molecule has 0 saturated carbocycles. The van der Waals surface area contributed by atoms with Crippen LogP contribution in [-0.4, -0.2) is 47.8 Å². The third kappa shape index (κ3) is 2.72. The first-order valence-corrected chi connectivity index (χ1v) is 7.36. The minimum atomic E-state index is -0.415. The van der Waals surface area contributed by atoms with Crippen molar-refractivity contribution in [2.45, 2.75) is 31.4 Å². The number of aliphatic hydroxyl groups excluding tert-OH is 1. The van der Waals surface area contributed by atoms with Crippen LogP contribution in [0.1, 0.15) is 18.4 Å². The van der Waals surface area contributed by atoms with Crippen molar-refractivity contribution in [3.8, 4) is 0 Å². The molecule has 2 heterocycles. The summed E-state index contributed by atoms with van der Waals surface area (Å²) in [6, 6.07) is 9.97. The standard InChI is InChI=1S/C16H21NO3/c18-15-6-8-17(16(19)13-7-9-20-11-13)14(15)10-12-4-2-1-3-5-12/h1-5,13-15,18H,6-11H2/t13-,14+,15-/m1/s1. The molecule has 1 amide bonds. The van der Waals surface area contributed by atoms with Gasteiger partial charge in [-0.2, -0.15) is 0 Å². The highest BCUT2D eigenvalue weighted by Gasteiger charge is 2.39. The van der Waals surface area contributed by atoms with Crippen LogP contribution in [0, 0.1) is 5.92 Å². The van der Waals surface area contributed by atoms with Gasteiger partial charge < -0.3 is 14.7 Å². The summed E-state index contributed by atoms with van der Waals surface area (Å²) in [5.41, 5.74) is 1.17. The maximum atomic E-state index is 12.5.